The molecule has 6 heteroatoms. The van der Waals surface area contributed by atoms with Crippen LogP contribution in [-0.2, 0) is 54.8 Å². The van der Waals surface area contributed by atoms with E-state index in [1.54, 1.807) is 7.11 Å². The van der Waals surface area contributed by atoms with E-state index in [4.69, 9.17) is 28.4 Å². The summed E-state index contributed by atoms with van der Waals surface area (Å²) in [5.74, 6) is 0. The van der Waals surface area contributed by atoms with Crippen molar-refractivity contribution >= 4 is 0 Å². The third kappa shape index (κ3) is 8.57. The number of hydrogen-bond donors (Lipinski definition) is 0. The Kier molecular flexibility index (Phi) is 11.1. The van der Waals surface area contributed by atoms with Gasteiger partial charge in [-0.3, -0.25) is 0 Å². The Labute approximate surface area is 242 Å². The van der Waals surface area contributed by atoms with E-state index in [2.05, 4.69) is 0 Å². The lowest BCUT2D eigenvalue weighted by Crippen LogP contribution is -2.61. The Morgan fingerprint density at radius 3 is 1.32 bits per heavy atom. The van der Waals surface area contributed by atoms with Gasteiger partial charge in [-0.25, -0.2) is 0 Å². The molecule has 5 rings (SSSR count). The highest BCUT2D eigenvalue weighted by molar-refractivity contribution is 5.16. The Morgan fingerprint density at radius 2 is 0.878 bits per heavy atom. The lowest BCUT2D eigenvalue weighted by atomic mass is 9.97. The molecule has 0 radical (unpaired) electrons. The molecule has 1 aliphatic rings. The van der Waals surface area contributed by atoms with Crippen LogP contribution in [0.4, 0.5) is 0 Å². The van der Waals surface area contributed by atoms with Gasteiger partial charge in [-0.05, 0) is 22.3 Å². The van der Waals surface area contributed by atoms with Gasteiger partial charge in [0.05, 0.1) is 33.0 Å². The van der Waals surface area contributed by atoms with Crippen LogP contribution in [0.15, 0.2) is 121 Å². The van der Waals surface area contributed by atoms with Crippen molar-refractivity contribution in [1.29, 1.82) is 0 Å². The van der Waals surface area contributed by atoms with Crippen LogP contribution >= 0.6 is 0 Å². The summed E-state index contributed by atoms with van der Waals surface area (Å²) >= 11 is 0. The van der Waals surface area contributed by atoms with E-state index in [1.165, 1.54) is 0 Å². The van der Waals surface area contributed by atoms with Gasteiger partial charge in [0.15, 0.2) is 6.29 Å². The maximum atomic E-state index is 6.63. The second-order valence-corrected chi connectivity index (χ2v) is 10.1. The van der Waals surface area contributed by atoms with Gasteiger partial charge in [0.25, 0.3) is 0 Å². The van der Waals surface area contributed by atoms with Crippen molar-refractivity contribution in [2.75, 3.05) is 13.7 Å². The van der Waals surface area contributed by atoms with Gasteiger partial charge < -0.3 is 28.4 Å². The van der Waals surface area contributed by atoms with E-state index in [0.717, 1.165) is 22.3 Å². The van der Waals surface area contributed by atoms with Crippen LogP contribution < -0.4 is 0 Å². The molecule has 214 valence electrons. The van der Waals surface area contributed by atoms with Crippen LogP contribution in [0.25, 0.3) is 0 Å². The summed E-state index contributed by atoms with van der Waals surface area (Å²) in [4.78, 5) is 0. The summed E-state index contributed by atoms with van der Waals surface area (Å²) in [5, 5.41) is 0. The van der Waals surface area contributed by atoms with Crippen molar-refractivity contribution in [3.63, 3.8) is 0 Å². The zero-order chi connectivity index (χ0) is 28.1. The fourth-order valence-electron chi connectivity index (χ4n) is 4.94. The highest BCUT2D eigenvalue weighted by Gasteiger charge is 2.48. The van der Waals surface area contributed by atoms with Gasteiger partial charge in [-0.15, -0.1) is 0 Å². The molecule has 4 aromatic carbocycles. The van der Waals surface area contributed by atoms with Gasteiger partial charge >= 0.3 is 0 Å². The molecule has 0 spiro atoms. The molecule has 3 unspecified atom stereocenters. The molecule has 6 nitrogen and oxygen atoms in total. The number of ether oxygens (including phenoxy) is 6. The maximum absolute atomic E-state index is 6.63. The van der Waals surface area contributed by atoms with Crippen LogP contribution in [-0.4, -0.2) is 44.4 Å². The molecule has 0 N–H and O–H groups in total. The monoisotopic (exact) mass is 554 g/mol. The van der Waals surface area contributed by atoms with Crippen LogP contribution in [0.5, 0.6) is 0 Å². The Bertz CT molecular complexity index is 1260. The van der Waals surface area contributed by atoms with Crippen LogP contribution in [0.3, 0.4) is 0 Å². The summed E-state index contributed by atoms with van der Waals surface area (Å²) in [6, 6.07) is 40.4. The van der Waals surface area contributed by atoms with Crippen LogP contribution in [0.2, 0.25) is 0 Å². The van der Waals surface area contributed by atoms with Crippen molar-refractivity contribution in [3.8, 4) is 0 Å². The standard InChI is InChI=1S/C35H38O6/c1-36-35-34(40-25-30-20-12-5-13-21-30)33(39-24-29-18-10-4-11-19-29)32(38-23-28-16-8-3-9-17-28)31(41-35)26-37-22-27-14-6-2-7-15-27/h2-21,31-35H,22-26H2,1H3/t31?,32-,33?,34?,35+/m1/s1. The molecular weight excluding hydrogens is 516 g/mol. The van der Waals surface area contributed by atoms with Gasteiger partial charge in [0, 0.05) is 7.11 Å². The third-order valence-electron chi connectivity index (χ3n) is 7.07. The molecule has 41 heavy (non-hydrogen) atoms. The summed E-state index contributed by atoms with van der Waals surface area (Å²) in [6.07, 6.45) is -2.59. The van der Waals surface area contributed by atoms with Crippen molar-refractivity contribution in [3.05, 3.63) is 144 Å². The van der Waals surface area contributed by atoms with E-state index >= 15 is 0 Å². The van der Waals surface area contributed by atoms with Crippen molar-refractivity contribution in [2.24, 2.45) is 0 Å². The van der Waals surface area contributed by atoms with Gasteiger partial charge in [0.2, 0.25) is 0 Å². The average Bonchev–Trinajstić information content (AvgIpc) is 3.04. The molecule has 5 atom stereocenters. The van der Waals surface area contributed by atoms with Crippen LogP contribution in [0.1, 0.15) is 22.3 Å². The molecule has 1 aliphatic heterocycles. The third-order valence-corrected chi connectivity index (χ3v) is 7.07. The van der Waals surface area contributed by atoms with E-state index in [0.29, 0.717) is 33.0 Å². The number of methoxy groups -OCH3 is 1. The highest BCUT2D eigenvalue weighted by atomic mass is 16.7. The Balaban J connectivity index is 1.38. The minimum atomic E-state index is -0.665. The highest BCUT2D eigenvalue weighted by Crippen LogP contribution is 2.31. The Hall–Kier alpha value is -3.36. The summed E-state index contributed by atoms with van der Waals surface area (Å²) in [5.41, 5.74) is 4.27. The largest absolute Gasteiger partial charge is 0.374 e. The first-order valence-corrected chi connectivity index (χ1v) is 14.1. The SMILES string of the molecule is CO[C@H]1OC(COCc2ccccc2)[C@@H](OCc2ccccc2)C(OCc2ccccc2)C1OCc1ccccc1. The molecule has 0 saturated carbocycles. The minimum absolute atomic E-state index is 0.310. The summed E-state index contributed by atoms with van der Waals surface area (Å²) in [7, 11) is 1.63. The van der Waals surface area contributed by atoms with E-state index < -0.39 is 30.7 Å². The quantitative estimate of drug-likeness (QED) is 0.182. The predicted octanol–water partition coefficient (Wildman–Crippen LogP) is 6.33. The second kappa shape index (κ2) is 15.6. The van der Waals surface area contributed by atoms with E-state index in [1.807, 2.05) is 121 Å². The number of hydrogen-bond acceptors (Lipinski definition) is 6. The van der Waals surface area contributed by atoms with Gasteiger partial charge in [0.1, 0.15) is 24.4 Å². The van der Waals surface area contributed by atoms with Gasteiger partial charge in [-0.2, -0.15) is 0 Å². The molecule has 4 aromatic rings. The van der Waals surface area contributed by atoms with E-state index in [9.17, 15) is 0 Å². The lowest BCUT2D eigenvalue weighted by molar-refractivity contribution is -0.323. The lowest BCUT2D eigenvalue weighted by Gasteiger charge is -2.45. The molecule has 0 amide bonds. The second-order valence-electron chi connectivity index (χ2n) is 10.1. The molecule has 1 saturated heterocycles. The fraction of sp³-hybridized carbons (Fsp3) is 0.314. The zero-order valence-corrected chi connectivity index (χ0v) is 23.4. The molecule has 0 bridgehead atoms. The zero-order valence-electron chi connectivity index (χ0n) is 23.4. The Morgan fingerprint density at radius 1 is 0.488 bits per heavy atom. The van der Waals surface area contributed by atoms with Crippen molar-refractivity contribution < 1.29 is 28.4 Å². The fourth-order valence-corrected chi connectivity index (χ4v) is 4.94. The molecule has 0 aliphatic carbocycles. The average molecular weight is 555 g/mol. The van der Waals surface area contributed by atoms with Gasteiger partial charge in [-0.1, -0.05) is 121 Å². The topological polar surface area (TPSA) is 55.4 Å². The normalized spacial score (nSPS) is 22.4. The van der Waals surface area contributed by atoms with E-state index in [-0.39, 0.29) is 0 Å². The number of rotatable bonds is 14. The number of benzene rings is 4. The van der Waals surface area contributed by atoms with Crippen LogP contribution in [0, 0.1) is 0 Å². The first kappa shape index (κ1) is 29.1. The molecule has 1 heterocycles. The van der Waals surface area contributed by atoms with Crippen molar-refractivity contribution in [2.45, 2.75) is 57.1 Å². The molecule has 0 aromatic heterocycles. The smallest absolute Gasteiger partial charge is 0.186 e. The van der Waals surface area contributed by atoms with Crippen molar-refractivity contribution in [1.82, 2.24) is 0 Å². The first-order chi connectivity index (χ1) is 20.3. The maximum Gasteiger partial charge on any atom is 0.186 e. The predicted molar refractivity (Wildman–Crippen MR) is 157 cm³/mol. The molecular formula is C35H38O6. The summed E-state index contributed by atoms with van der Waals surface area (Å²) in [6.45, 7) is 1.97. The minimum Gasteiger partial charge on any atom is -0.374 e. The summed E-state index contributed by atoms with van der Waals surface area (Å²) < 4.78 is 38.2. The molecule has 1 fully saturated rings. The first-order valence-electron chi connectivity index (χ1n) is 14.1.